The summed E-state index contributed by atoms with van der Waals surface area (Å²) in [6.07, 6.45) is 2.90. The van der Waals surface area contributed by atoms with Gasteiger partial charge in [0.25, 0.3) is 5.91 Å². The summed E-state index contributed by atoms with van der Waals surface area (Å²) in [5.74, 6) is 0.201. The first kappa shape index (κ1) is 17.2. The van der Waals surface area contributed by atoms with Gasteiger partial charge in [0.05, 0.1) is 12.4 Å². The molecule has 0 bridgehead atoms. The van der Waals surface area contributed by atoms with E-state index in [1.54, 1.807) is 18.2 Å². The van der Waals surface area contributed by atoms with Crippen LogP contribution in [0.5, 0.6) is 0 Å². The zero-order chi connectivity index (χ0) is 17.6. The molecule has 0 aliphatic carbocycles. The summed E-state index contributed by atoms with van der Waals surface area (Å²) in [6.45, 7) is 0.322. The van der Waals surface area contributed by atoms with Crippen molar-refractivity contribution in [1.29, 1.82) is 0 Å². The highest BCUT2D eigenvalue weighted by Gasteiger charge is 2.09. The average Bonchev–Trinajstić information content (AvgIpc) is 2.61. The van der Waals surface area contributed by atoms with Crippen LogP contribution in [-0.4, -0.2) is 15.9 Å². The van der Waals surface area contributed by atoms with Gasteiger partial charge in [0.1, 0.15) is 11.5 Å². The van der Waals surface area contributed by atoms with Crippen molar-refractivity contribution in [2.75, 3.05) is 5.32 Å². The molecule has 0 fully saturated rings. The second-order valence-corrected chi connectivity index (χ2v) is 6.04. The normalized spacial score (nSPS) is 10.3. The predicted octanol–water partition coefficient (Wildman–Crippen LogP) is 4.46. The number of anilines is 2. The fourth-order valence-electron chi connectivity index (χ4n) is 2.13. The first-order chi connectivity index (χ1) is 12.1. The van der Waals surface area contributed by atoms with Crippen LogP contribution in [-0.2, 0) is 6.54 Å². The molecule has 0 spiro atoms. The summed E-state index contributed by atoms with van der Waals surface area (Å²) in [5, 5.41) is 7.06. The Morgan fingerprint density at radius 3 is 2.56 bits per heavy atom. The highest BCUT2D eigenvalue weighted by molar-refractivity contribution is 6.31. The Bertz CT molecular complexity index is 884. The molecule has 1 aromatic heterocycles. The molecule has 0 aliphatic heterocycles. The Balaban J connectivity index is 1.61. The molecular formula is C18H14Cl2N4O. The number of rotatable bonds is 5. The quantitative estimate of drug-likeness (QED) is 0.693. The van der Waals surface area contributed by atoms with E-state index in [9.17, 15) is 4.79 Å². The Kier molecular flexibility index (Phi) is 5.48. The Labute approximate surface area is 155 Å². The number of nitrogens with zero attached hydrogens (tertiary/aromatic N) is 2. The molecule has 2 aromatic carbocycles. The van der Waals surface area contributed by atoms with Crippen molar-refractivity contribution in [2.24, 2.45) is 0 Å². The van der Waals surface area contributed by atoms with Crippen LogP contribution in [0.25, 0.3) is 0 Å². The van der Waals surface area contributed by atoms with Gasteiger partial charge < -0.3 is 10.6 Å². The van der Waals surface area contributed by atoms with E-state index in [0.717, 1.165) is 11.3 Å². The van der Waals surface area contributed by atoms with Gasteiger partial charge in [-0.2, -0.15) is 0 Å². The summed E-state index contributed by atoms with van der Waals surface area (Å²) in [7, 11) is 0. The van der Waals surface area contributed by atoms with Crippen molar-refractivity contribution < 1.29 is 4.79 Å². The fraction of sp³-hybridized carbons (Fsp3) is 0.0556. The molecule has 7 heteroatoms. The van der Waals surface area contributed by atoms with Gasteiger partial charge >= 0.3 is 0 Å². The molecular weight excluding hydrogens is 359 g/mol. The summed E-state index contributed by atoms with van der Waals surface area (Å²) < 4.78 is 0. The van der Waals surface area contributed by atoms with Gasteiger partial charge in [-0.25, -0.2) is 9.97 Å². The maximum atomic E-state index is 12.1. The molecule has 25 heavy (non-hydrogen) atoms. The maximum Gasteiger partial charge on any atom is 0.271 e. The highest BCUT2D eigenvalue weighted by Crippen LogP contribution is 2.18. The number of benzene rings is 2. The smallest absolute Gasteiger partial charge is 0.271 e. The first-order valence-corrected chi connectivity index (χ1v) is 8.23. The van der Waals surface area contributed by atoms with E-state index < -0.39 is 0 Å². The third-order valence-electron chi connectivity index (χ3n) is 3.38. The average molecular weight is 373 g/mol. The molecule has 1 heterocycles. The molecule has 0 aliphatic rings. The lowest BCUT2D eigenvalue weighted by atomic mass is 10.2. The number of nitrogens with one attached hydrogen (secondary N) is 2. The van der Waals surface area contributed by atoms with Crippen molar-refractivity contribution in [1.82, 2.24) is 15.3 Å². The summed E-state index contributed by atoms with van der Waals surface area (Å²) >= 11 is 12.0. The summed E-state index contributed by atoms with van der Waals surface area (Å²) in [5.41, 5.74) is 1.85. The van der Waals surface area contributed by atoms with E-state index in [4.69, 9.17) is 23.2 Å². The molecule has 2 N–H and O–H groups in total. The van der Waals surface area contributed by atoms with Gasteiger partial charge in [0.15, 0.2) is 0 Å². The molecule has 3 aromatic rings. The molecule has 5 nitrogen and oxygen atoms in total. The number of carbonyl (C=O) groups excluding carboxylic acids is 1. The number of aromatic nitrogens is 2. The van der Waals surface area contributed by atoms with Crippen LogP contribution in [0.2, 0.25) is 10.0 Å². The zero-order valence-electron chi connectivity index (χ0n) is 13.0. The number of halogens is 2. The molecule has 0 saturated heterocycles. The van der Waals surface area contributed by atoms with Crippen LogP contribution in [0.15, 0.2) is 60.9 Å². The lowest BCUT2D eigenvalue weighted by molar-refractivity contribution is 0.0945. The third-order valence-corrected chi connectivity index (χ3v) is 3.98. The van der Waals surface area contributed by atoms with Gasteiger partial charge in [0, 0.05) is 22.3 Å². The van der Waals surface area contributed by atoms with E-state index in [1.807, 2.05) is 30.3 Å². The second-order valence-electron chi connectivity index (χ2n) is 5.20. The minimum Gasteiger partial charge on any atom is -0.347 e. The fourth-order valence-corrected chi connectivity index (χ4v) is 2.52. The molecule has 1 amide bonds. The van der Waals surface area contributed by atoms with Gasteiger partial charge in [-0.15, -0.1) is 0 Å². The van der Waals surface area contributed by atoms with Crippen molar-refractivity contribution in [2.45, 2.75) is 6.54 Å². The van der Waals surface area contributed by atoms with E-state index in [2.05, 4.69) is 20.6 Å². The second kappa shape index (κ2) is 7.96. The van der Waals surface area contributed by atoms with Crippen LogP contribution in [0.4, 0.5) is 11.5 Å². The largest absolute Gasteiger partial charge is 0.347 e. The summed E-state index contributed by atoms with van der Waals surface area (Å²) in [4.78, 5) is 20.5. The van der Waals surface area contributed by atoms with Gasteiger partial charge in [-0.1, -0.05) is 47.5 Å². The third kappa shape index (κ3) is 4.68. The predicted molar refractivity (Wildman–Crippen MR) is 99.4 cm³/mol. The van der Waals surface area contributed by atoms with Crippen molar-refractivity contribution in [3.05, 3.63) is 82.2 Å². The molecule has 3 rings (SSSR count). The van der Waals surface area contributed by atoms with Gasteiger partial charge in [0.2, 0.25) is 0 Å². The molecule has 0 saturated carbocycles. The number of amides is 1. The Morgan fingerprint density at radius 2 is 1.84 bits per heavy atom. The van der Waals surface area contributed by atoms with Crippen LogP contribution < -0.4 is 10.6 Å². The monoisotopic (exact) mass is 372 g/mol. The van der Waals surface area contributed by atoms with E-state index in [1.165, 1.54) is 12.4 Å². The SMILES string of the molecule is O=C(NCc1ccccc1Cl)c1cnc(Nc2cccc(Cl)c2)cn1. The zero-order valence-corrected chi connectivity index (χ0v) is 14.6. The molecule has 0 radical (unpaired) electrons. The lowest BCUT2D eigenvalue weighted by Gasteiger charge is -2.08. The molecule has 0 atom stereocenters. The van der Waals surface area contributed by atoms with Gasteiger partial charge in [-0.05, 0) is 29.8 Å². The summed E-state index contributed by atoms with van der Waals surface area (Å²) in [6, 6.07) is 14.6. The minimum atomic E-state index is -0.318. The number of carbonyl (C=O) groups is 1. The maximum absolute atomic E-state index is 12.1. The first-order valence-electron chi connectivity index (χ1n) is 7.48. The minimum absolute atomic E-state index is 0.226. The standard InChI is InChI=1S/C18H14Cl2N4O/c19-13-5-3-6-14(8-13)24-17-11-21-16(10-22-17)18(25)23-9-12-4-1-2-7-15(12)20/h1-8,10-11H,9H2,(H,22,24)(H,23,25). The number of hydrogen-bond acceptors (Lipinski definition) is 4. The number of hydrogen-bond donors (Lipinski definition) is 2. The van der Waals surface area contributed by atoms with E-state index in [-0.39, 0.29) is 11.6 Å². The highest BCUT2D eigenvalue weighted by atomic mass is 35.5. The van der Waals surface area contributed by atoms with Crippen molar-refractivity contribution >= 4 is 40.6 Å². The van der Waals surface area contributed by atoms with Crippen LogP contribution in [0.1, 0.15) is 16.1 Å². The van der Waals surface area contributed by atoms with Crippen LogP contribution >= 0.6 is 23.2 Å². The Hall–Kier alpha value is -2.63. The van der Waals surface area contributed by atoms with Gasteiger partial charge in [-0.3, -0.25) is 4.79 Å². The molecule has 126 valence electrons. The van der Waals surface area contributed by atoms with Crippen LogP contribution in [0, 0.1) is 0 Å². The van der Waals surface area contributed by atoms with Crippen molar-refractivity contribution in [3.63, 3.8) is 0 Å². The molecule has 0 unspecified atom stereocenters. The topological polar surface area (TPSA) is 66.9 Å². The lowest BCUT2D eigenvalue weighted by Crippen LogP contribution is -2.24. The van der Waals surface area contributed by atoms with E-state index >= 15 is 0 Å². The Morgan fingerprint density at radius 1 is 1.00 bits per heavy atom. The van der Waals surface area contributed by atoms with Crippen molar-refractivity contribution in [3.8, 4) is 0 Å². The van der Waals surface area contributed by atoms with E-state index in [0.29, 0.717) is 22.4 Å². The van der Waals surface area contributed by atoms with Crippen LogP contribution in [0.3, 0.4) is 0 Å².